The van der Waals surface area contributed by atoms with Crippen molar-refractivity contribution in [2.45, 2.75) is 39.0 Å². The smallest absolute Gasteiger partial charge is 0.164 e. The number of furan rings is 1. The van der Waals surface area contributed by atoms with E-state index in [0.717, 1.165) is 57.0 Å². The van der Waals surface area contributed by atoms with Crippen LogP contribution in [0.15, 0.2) is 174 Å². The van der Waals surface area contributed by atoms with Gasteiger partial charge in [0, 0.05) is 43.9 Å². The first-order valence-electron chi connectivity index (χ1n) is 18.7. The van der Waals surface area contributed by atoms with Crippen LogP contribution in [0.2, 0.25) is 0 Å². The maximum absolute atomic E-state index is 6.84. The quantitative estimate of drug-likeness (QED) is 0.155. The van der Waals surface area contributed by atoms with Crippen molar-refractivity contribution in [3.8, 4) is 22.8 Å². The molecule has 0 bridgehead atoms. The normalized spacial score (nSPS) is 19.8. The molecule has 0 saturated heterocycles. The molecule has 2 aliphatic rings. The summed E-state index contributed by atoms with van der Waals surface area (Å²) in [6, 6.07) is 42.3. The highest BCUT2D eigenvalue weighted by atomic mass is 16.3. The first kappa shape index (κ1) is 33.4. The van der Waals surface area contributed by atoms with Crippen LogP contribution in [-0.2, 0) is 11.8 Å². The van der Waals surface area contributed by atoms with Gasteiger partial charge in [-0.3, -0.25) is 0 Å². The first-order chi connectivity index (χ1) is 26.4. The van der Waals surface area contributed by atoms with Crippen molar-refractivity contribution >= 4 is 33.1 Å². The van der Waals surface area contributed by atoms with Crippen LogP contribution in [0.5, 0.6) is 0 Å². The Morgan fingerprint density at radius 2 is 1.37 bits per heavy atom. The average molecular weight is 700 g/mol. The third-order valence-electron chi connectivity index (χ3n) is 10.9. The standard InChI is InChI=1S/C50H41N3O/c1-4-5-14-29-49(2)32-36-19-12-13-22-38(36)42(33-49)39-23-15-24-40-44-41(25-16-26-43(44)54-45(39)40)48-52-46(34-17-8-6-9-18-34)51-47(53-48)35-27-30-50(3,31-28-35)37-20-10-7-11-21-37/h4-30,33H,31-32H2,1-3H3/b5-4-,29-14-. The molecule has 9 rings (SSSR count). The Labute approximate surface area is 316 Å². The molecule has 2 unspecified atom stereocenters. The van der Waals surface area contributed by atoms with Gasteiger partial charge in [0.15, 0.2) is 17.5 Å². The van der Waals surface area contributed by atoms with Crippen LogP contribution in [0, 0.1) is 5.41 Å². The van der Waals surface area contributed by atoms with Gasteiger partial charge < -0.3 is 4.42 Å². The predicted molar refractivity (Wildman–Crippen MR) is 223 cm³/mol. The van der Waals surface area contributed by atoms with Crippen LogP contribution in [-0.4, -0.2) is 15.0 Å². The molecule has 262 valence electrons. The van der Waals surface area contributed by atoms with E-state index in [0.29, 0.717) is 17.5 Å². The molecule has 0 aliphatic heterocycles. The Hall–Kier alpha value is -6.39. The molecule has 2 atom stereocenters. The summed E-state index contributed by atoms with van der Waals surface area (Å²) in [5.74, 6) is 1.91. The molecule has 2 aromatic heterocycles. The SMILES string of the molecule is C/C=C\C=C/C1(C)C=C(c2cccc3c2oc2cccc(-c4nc(C5=CCC(C)(c6ccccc6)C=C5)nc(-c5ccccc5)n4)c23)c2ccccc2C1. The van der Waals surface area contributed by atoms with Crippen LogP contribution in [0.1, 0.15) is 55.3 Å². The molecule has 2 heterocycles. The Bertz CT molecular complexity index is 2700. The Balaban J connectivity index is 1.20. The summed E-state index contributed by atoms with van der Waals surface area (Å²) in [4.78, 5) is 15.4. The van der Waals surface area contributed by atoms with Crippen molar-refractivity contribution in [2.24, 2.45) is 5.41 Å². The van der Waals surface area contributed by atoms with Gasteiger partial charge in [-0.05, 0) is 48.1 Å². The number of fused-ring (bicyclic) bond motifs is 4. The molecule has 54 heavy (non-hydrogen) atoms. The Kier molecular flexibility index (Phi) is 8.39. The molecule has 4 heteroatoms. The molecule has 0 amide bonds. The second-order valence-corrected chi connectivity index (χ2v) is 14.9. The monoisotopic (exact) mass is 699 g/mol. The summed E-state index contributed by atoms with van der Waals surface area (Å²) in [5, 5.41) is 2.03. The molecule has 0 saturated carbocycles. The van der Waals surface area contributed by atoms with Gasteiger partial charge in [-0.1, -0.05) is 178 Å². The number of aromatic nitrogens is 3. The van der Waals surface area contributed by atoms with E-state index < -0.39 is 0 Å². The van der Waals surface area contributed by atoms with Gasteiger partial charge in [-0.2, -0.15) is 0 Å². The van der Waals surface area contributed by atoms with E-state index in [-0.39, 0.29) is 10.8 Å². The highest BCUT2D eigenvalue weighted by molar-refractivity contribution is 6.14. The molecule has 0 fully saturated rings. The minimum atomic E-state index is -0.154. The van der Waals surface area contributed by atoms with Crippen molar-refractivity contribution in [1.82, 2.24) is 15.0 Å². The van der Waals surface area contributed by atoms with E-state index in [4.69, 9.17) is 19.4 Å². The van der Waals surface area contributed by atoms with Crippen molar-refractivity contribution < 1.29 is 4.42 Å². The number of para-hydroxylation sites is 1. The van der Waals surface area contributed by atoms with Crippen molar-refractivity contribution in [3.05, 3.63) is 198 Å². The lowest BCUT2D eigenvalue weighted by atomic mass is 9.73. The second-order valence-electron chi connectivity index (χ2n) is 14.9. The van der Waals surface area contributed by atoms with Crippen molar-refractivity contribution in [3.63, 3.8) is 0 Å². The van der Waals surface area contributed by atoms with Gasteiger partial charge >= 0.3 is 0 Å². The summed E-state index contributed by atoms with van der Waals surface area (Å²) in [5.41, 5.74) is 10.4. The van der Waals surface area contributed by atoms with E-state index in [1.54, 1.807) is 0 Å². The van der Waals surface area contributed by atoms with Gasteiger partial charge in [-0.25, -0.2) is 15.0 Å². The molecule has 2 aliphatic carbocycles. The fourth-order valence-corrected chi connectivity index (χ4v) is 8.04. The van der Waals surface area contributed by atoms with Gasteiger partial charge in [0.05, 0.1) is 0 Å². The van der Waals surface area contributed by atoms with E-state index in [2.05, 4.69) is 153 Å². The topological polar surface area (TPSA) is 51.8 Å². The largest absolute Gasteiger partial charge is 0.455 e. The number of benzene rings is 5. The third-order valence-corrected chi connectivity index (χ3v) is 10.9. The zero-order valence-electron chi connectivity index (χ0n) is 30.8. The van der Waals surface area contributed by atoms with Gasteiger partial charge in [0.1, 0.15) is 11.2 Å². The molecular weight excluding hydrogens is 659 g/mol. The fraction of sp³-hybridized carbons (Fsp3) is 0.140. The molecule has 7 aromatic rings. The van der Waals surface area contributed by atoms with Gasteiger partial charge in [0.2, 0.25) is 0 Å². The van der Waals surface area contributed by atoms with Crippen LogP contribution < -0.4 is 0 Å². The van der Waals surface area contributed by atoms with E-state index in [1.807, 2.05) is 37.3 Å². The summed E-state index contributed by atoms with van der Waals surface area (Å²) in [6.07, 6.45) is 19.5. The van der Waals surface area contributed by atoms with Gasteiger partial charge in [-0.15, -0.1) is 0 Å². The minimum absolute atomic E-state index is 0.101. The average Bonchev–Trinajstić information content (AvgIpc) is 3.61. The van der Waals surface area contributed by atoms with Crippen LogP contribution in [0.25, 0.3) is 55.9 Å². The second kappa shape index (κ2) is 13.5. The van der Waals surface area contributed by atoms with Crippen molar-refractivity contribution in [2.75, 3.05) is 0 Å². The maximum atomic E-state index is 6.84. The summed E-state index contributed by atoms with van der Waals surface area (Å²) >= 11 is 0. The van der Waals surface area contributed by atoms with E-state index in [1.165, 1.54) is 22.3 Å². The van der Waals surface area contributed by atoms with Crippen LogP contribution in [0.4, 0.5) is 0 Å². The molecule has 0 radical (unpaired) electrons. The molecule has 0 spiro atoms. The summed E-state index contributed by atoms with van der Waals surface area (Å²) in [6.45, 7) is 6.64. The highest BCUT2D eigenvalue weighted by Gasteiger charge is 2.30. The lowest BCUT2D eigenvalue weighted by Crippen LogP contribution is -2.20. The lowest BCUT2D eigenvalue weighted by molar-refractivity contribution is 0.542. The number of hydrogen-bond acceptors (Lipinski definition) is 4. The number of hydrogen-bond donors (Lipinski definition) is 0. The van der Waals surface area contributed by atoms with Crippen LogP contribution >= 0.6 is 0 Å². The Morgan fingerprint density at radius 1 is 0.667 bits per heavy atom. The van der Waals surface area contributed by atoms with E-state index >= 15 is 0 Å². The molecule has 5 aromatic carbocycles. The predicted octanol–water partition coefficient (Wildman–Crippen LogP) is 12.5. The molecule has 4 nitrogen and oxygen atoms in total. The maximum Gasteiger partial charge on any atom is 0.164 e. The summed E-state index contributed by atoms with van der Waals surface area (Å²) < 4.78 is 6.84. The van der Waals surface area contributed by atoms with Crippen molar-refractivity contribution in [1.29, 1.82) is 0 Å². The highest BCUT2D eigenvalue weighted by Crippen LogP contribution is 2.45. The lowest BCUT2D eigenvalue weighted by Gasteiger charge is -2.31. The number of nitrogens with zero attached hydrogens (tertiary/aromatic N) is 3. The zero-order chi connectivity index (χ0) is 36.7. The zero-order valence-corrected chi connectivity index (χ0v) is 30.8. The summed E-state index contributed by atoms with van der Waals surface area (Å²) in [7, 11) is 0. The third kappa shape index (κ3) is 6.04. The Morgan fingerprint density at radius 3 is 2.17 bits per heavy atom. The minimum Gasteiger partial charge on any atom is -0.455 e. The number of rotatable bonds is 7. The van der Waals surface area contributed by atoms with Gasteiger partial charge in [0.25, 0.3) is 0 Å². The first-order valence-corrected chi connectivity index (χ1v) is 18.7. The fourth-order valence-electron chi connectivity index (χ4n) is 8.04. The number of allylic oxidation sites excluding steroid dienone is 9. The molecular formula is C50H41N3O. The van der Waals surface area contributed by atoms with E-state index in [9.17, 15) is 0 Å². The van der Waals surface area contributed by atoms with Crippen LogP contribution in [0.3, 0.4) is 0 Å². The molecule has 0 N–H and O–H groups in total.